The van der Waals surface area contributed by atoms with Crippen molar-refractivity contribution in [2.75, 3.05) is 11.9 Å². The largest absolute Gasteiger partial charge is 0.388 e. The SMILES string of the molecule is Cc1cnc(NCC2(O)CCCC(C)C2)nc1. The highest BCUT2D eigenvalue weighted by Crippen LogP contribution is 2.32. The number of aryl methyl sites for hydroxylation is 1. The van der Waals surface area contributed by atoms with Gasteiger partial charge in [0.1, 0.15) is 0 Å². The molecule has 1 heterocycles. The lowest BCUT2D eigenvalue weighted by molar-refractivity contribution is -0.000895. The molecule has 1 aliphatic rings. The molecule has 94 valence electrons. The van der Waals surface area contributed by atoms with E-state index in [1.54, 1.807) is 12.4 Å². The average Bonchev–Trinajstić information content (AvgIpc) is 2.28. The van der Waals surface area contributed by atoms with Crippen LogP contribution in [-0.4, -0.2) is 27.2 Å². The van der Waals surface area contributed by atoms with Crippen LogP contribution in [0.4, 0.5) is 5.95 Å². The van der Waals surface area contributed by atoms with Crippen LogP contribution >= 0.6 is 0 Å². The van der Waals surface area contributed by atoms with E-state index in [4.69, 9.17) is 0 Å². The molecule has 17 heavy (non-hydrogen) atoms. The zero-order valence-electron chi connectivity index (χ0n) is 10.6. The molecule has 0 saturated heterocycles. The summed E-state index contributed by atoms with van der Waals surface area (Å²) in [4.78, 5) is 8.36. The van der Waals surface area contributed by atoms with Gasteiger partial charge in [0.2, 0.25) is 5.95 Å². The number of nitrogens with zero attached hydrogens (tertiary/aromatic N) is 2. The van der Waals surface area contributed by atoms with Crippen LogP contribution in [0.1, 0.15) is 38.2 Å². The highest BCUT2D eigenvalue weighted by molar-refractivity contribution is 5.25. The molecule has 2 unspecified atom stereocenters. The predicted molar refractivity (Wildman–Crippen MR) is 67.8 cm³/mol. The Morgan fingerprint density at radius 3 is 2.82 bits per heavy atom. The van der Waals surface area contributed by atoms with Crippen molar-refractivity contribution < 1.29 is 5.11 Å². The molecule has 0 aromatic carbocycles. The molecular formula is C13H21N3O. The Labute approximate surface area is 102 Å². The monoisotopic (exact) mass is 235 g/mol. The second-order valence-electron chi connectivity index (χ2n) is 5.36. The van der Waals surface area contributed by atoms with Crippen LogP contribution < -0.4 is 5.32 Å². The zero-order valence-corrected chi connectivity index (χ0v) is 10.6. The van der Waals surface area contributed by atoms with E-state index < -0.39 is 5.60 Å². The van der Waals surface area contributed by atoms with E-state index in [1.165, 1.54) is 6.42 Å². The van der Waals surface area contributed by atoms with Crippen LogP contribution in [-0.2, 0) is 0 Å². The molecule has 1 saturated carbocycles. The van der Waals surface area contributed by atoms with Gasteiger partial charge in [-0.3, -0.25) is 0 Å². The molecule has 0 spiro atoms. The quantitative estimate of drug-likeness (QED) is 0.842. The Bertz CT molecular complexity index is 365. The summed E-state index contributed by atoms with van der Waals surface area (Å²) in [7, 11) is 0. The summed E-state index contributed by atoms with van der Waals surface area (Å²) in [5, 5.41) is 13.6. The van der Waals surface area contributed by atoms with Crippen LogP contribution in [0, 0.1) is 12.8 Å². The summed E-state index contributed by atoms with van der Waals surface area (Å²) in [6.07, 6.45) is 7.63. The minimum Gasteiger partial charge on any atom is -0.388 e. The van der Waals surface area contributed by atoms with E-state index >= 15 is 0 Å². The van der Waals surface area contributed by atoms with Gasteiger partial charge in [-0.05, 0) is 31.2 Å². The highest BCUT2D eigenvalue weighted by atomic mass is 16.3. The van der Waals surface area contributed by atoms with Gasteiger partial charge in [-0.15, -0.1) is 0 Å². The third kappa shape index (κ3) is 3.40. The first kappa shape index (κ1) is 12.3. The van der Waals surface area contributed by atoms with E-state index in [-0.39, 0.29) is 0 Å². The molecule has 0 amide bonds. The molecule has 0 radical (unpaired) electrons. The van der Waals surface area contributed by atoms with Crippen LogP contribution in [0.15, 0.2) is 12.4 Å². The van der Waals surface area contributed by atoms with Crippen molar-refractivity contribution in [2.24, 2.45) is 5.92 Å². The van der Waals surface area contributed by atoms with Crippen LogP contribution in [0.5, 0.6) is 0 Å². The molecule has 1 aromatic heterocycles. The van der Waals surface area contributed by atoms with Gasteiger partial charge in [0.05, 0.1) is 5.60 Å². The molecule has 1 aliphatic carbocycles. The maximum absolute atomic E-state index is 10.4. The Morgan fingerprint density at radius 1 is 1.47 bits per heavy atom. The molecule has 2 N–H and O–H groups in total. The third-order valence-corrected chi connectivity index (χ3v) is 3.42. The van der Waals surface area contributed by atoms with Crippen molar-refractivity contribution in [2.45, 2.75) is 45.1 Å². The summed E-state index contributed by atoms with van der Waals surface area (Å²) in [6, 6.07) is 0. The first-order valence-corrected chi connectivity index (χ1v) is 6.32. The Morgan fingerprint density at radius 2 is 2.18 bits per heavy atom. The highest BCUT2D eigenvalue weighted by Gasteiger charge is 2.32. The number of hydrogen-bond acceptors (Lipinski definition) is 4. The van der Waals surface area contributed by atoms with Gasteiger partial charge in [0.15, 0.2) is 0 Å². The normalized spacial score (nSPS) is 29.0. The lowest BCUT2D eigenvalue weighted by atomic mass is 9.79. The molecule has 2 rings (SSSR count). The number of hydrogen-bond donors (Lipinski definition) is 2. The fraction of sp³-hybridized carbons (Fsp3) is 0.692. The summed E-state index contributed by atoms with van der Waals surface area (Å²) in [5.41, 5.74) is 0.451. The molecule has 4 heteroatoms. The van der Waals surface area contributed by atoms with Gasteiger partial charge < -0.3 is 10.4 Å². The molecule has 4 nitrogen and oxygen atoms in total. The topological polar surface area (TPSA) is 58.0 Å². The summed E-state index contributed by atoms with van der Waals surface area (Å²) < 4.78 is 0. The van der Waals surface area contributed by atoms with Gasteiger partial charge in [-0.25, -0.2) is 9.97 Å². The third-order valence-electron chi connectivity index (χ3n) is 3.42. The van der Waals surface area contributed by atoms with Crippen molar-refractivity contribution in [3.63, 3.8) is 0 Å². The first-order valence-electron chi connectivity index (χ1n) is 6.32. The van der Waals surface area contributed by atoms with Gasteiger partial charge in [-0.2, -0.15) is 0 Å². The zero-order chi connectivity index (χ0) is 12.3. The minimum atomic E-state index is -0.591. The number of anilines is 1. The second kappa shape index (κ2) is 5.00. The fourth-order valence-corrected chi connectivity index (χ4v) is 2.52. The summed E-state index contributed by atoms with van der Waals surface area (Å²) >= 11 is 0. The number of aliphatic hydroxyl groups is 1. The molecule has 0 bridgehead atoms. The Kier molecular flexibility index (Phi) is 3.62. The van der Waals surface area contributed by atoms with Crippen molar-refractivity contribution >= 4 is 5.95 Å². The van der Waals surface area contributed by atoms with Crippen molar-refractivity contribution in [1.29, 1.82) is 0 Å². The van der Waals surface area contributed by atoms with Gasteiger partial charge in [0.25, 0.3) is 0 Å². The molecule has 1 aromatic rings. The van der Waals surface area contributed by atoms with E-state index in [2.05, 4.69) is 22.2 Å². The van der Waals surface area contributed by atoms with E-state index in [0.717, 1.165) is 24.8 Å². The smallest absolute Gasteiger partial charge is 0.222 e. The summed E-state index contributed by atoms with van der Waals surface area (Å²) in [5.74, 6) is 1.21. The van der Waals surface area contributed by atoms with Gasteiger partial charge >= 0.3 is 0 Å². The molecule has 1 fully saturated rings. The molecule has 0 aliphatic heterocycles. The standard InChI is InChI=1S/C13H21N3O/c1-10-4-3-5-13(17,6-10)9-16-12-14-7-11(2)8-15-12/h7-8,10,17H,3-6,9H2,1-2H3,(H,14,15,16). The second-order valence-corrected chi connectivity index (χ2v) is 5.36. The fourth-order valence-electron chi connectivity index (χ4n) is 2.52. The van der Waals surface area contributed by atoms with Gasteiger partial charge in [-0.1, -0.05) is 19.8 Å². The van der Waals surface area contributed by atoms with Gasteiger partial charge in [0, 0.05) is 18.9 Å². The Balaban J connectivity index is 1.90. The van der Waals surface area contributed by atoms with Crippen LogP contribution in [0.2, 0.25) is 0 Å². The first-order chi connectivity index (χ1) is 8.07. The number of rotatable bonds is 3. The predicted octanol–water partition coefficient (Wildman–Crippen LogP) is 2.14. The van der Waals surface area contributed by atoms with Crippen LogP contribution in [0.25, 0.3) is 0 Å². The van der Waals surface area contributed by atoms with E-state index in [0.29, 0.717) is 18.4 Å². The lowest BCUT2D eigenvalue weighted by Gasteiger charge is -2.35. The number of nitrogens with one attached hydrogen (secondary N) is 1. The minimum absolute atomic E-state index is 0.542. The van der Waals surface area contributed by atoms with E-state index in [9.17, 15) is 5.11 Å². The van der Waals surface area contributed by atoms with Crippen molar-refractivity contribution in [1.82, 2.24) is 9.97 Å². The average molecular weight is 235 g/mol. The summed E-state index contributed by atoms with van der Waals surface area (Å²) in [6.45, 7) is 4.70. The molecule has 2 atom stereocenters. The number of aromatic nitrogens is 2. The van der Waals surface area contributed by atoms with Crippen molar-refractivity contribution in [3.05, 3.63) is 18.0 Å². The Hall–Kier alpha value is -1.16. The maximum Gasteiger partial charge on any atom is 0.222 e. The van der Waals surface area contributed by atoms with Crippen molar-refractivity contribution in [3.8, 4) is 0 Å². The van der Waals surface area contributed by atoms with E-state index in [1.807, 2.05) is 6.92 Å². The van der Waals surface area contributed by atoms with Crippen LogP contribution in [0.3, 0.4) is 0 Å². The molecular weight excluding hydrogens is 214 g/mol. The maximum atomic E-state index is 10.4. The lowest BCUT2D eigenvalue weighted by Crippen LogP contribution is -2.41.